The van der Waals surface area contributed by atoms with Crippen molar-refractivity contribution in [3.63, 3.8) is 0 Å². The molecular formula is C19H21N3O4. The molecule has 2 heterocycles. The molecule has 1 amide bonds. The molecule has 1 aliphatic heterocycles. The zero-order valence-electron chi connectivity index (χ0n) is 14.5. The molecular weight excluding hydrogens is 334 g/mol. The minimum Gasteiger partial charge on any atom is -0.465 e. The Balaban J connectivity index is 1.68. The highest BCUT2D eigenvalue weighted by molar-refractivity contribution is 6.07. The summed E-state index contributed by atoms with van der Waals surface area (Å²) < 4.78 is 10.3. The van der Waals surface area contributed by atoms with Gasteiger partial charge >= 0.3 is 5.97 Å². The molecule has 1 unspecified atom stereocenters. The number of esters is 1. The smallest absolute Gasteiger partial charge is 0.339 e. The van der Waals surface area contributed by atoms with E-state index in [1.165, 1.54) is 7.11 Å². The maximum absolute atomic E-state index is 12.5. The number of aromatic nitrogens is 1. The predicted molar refractivity (Wildman–Crippen MR) is 97.4 cm³/mol. The normalized spacial score (nSPS) is 16.1. The van der Waals surface area contributed by atoms with Gasteiger partial charge in [-0.05, 0) is 37.1 Å². The number of pyridine rings is 1. The quantitative estimate of drug-likeness (QED) is 0.775. The van der Waals surface area contributed by atoms with Crippen LogP contribution < -0.4 is 10.6 Å². The largest absolute Gasteiger partial charge is 0.465 e. The fraction of sp³-hybridized carbons (Fsp3) is 0.316. The first kappa shape index (κ1) is 17.9. The molecule has 7 nitrogen and oxygen atoms in total. The lowest BCUT2D eigenvalue weighted by Crippen LogP contribution is -2.19. The Morgan fingerprint density at radius 1 is 1.31 bits per heavy atom. The summed E-state index contributed by atoms with van der Waals surface area (Å²) in [6.07, 6.45) is 3.89. The first-order valence-electron chi connectivity index (χ1n) is 8.47. The van der Waals surface area contributed by atoms with Crippen LogP contribution in [0.25, 0.3) is 0 Å². The highest BCUT2D eigenvalue weighted by atomic mass is 16.5. The molecule has 3 rings (SSSR count). The number of nitrogens with zero attached hydrogens (tertiary/aromatic N) is 1. The number of amides is 1. The highest BCUT2D eigenvalue weighted by Crippen LogP contribution is 2.18. The molecule has 0 radical (unpaired) electrons. The van der Waals surface area contributed by atoms with E-state index in [1.54, 1.807) is 42.6 Å². The van der Waals surface area contributed by atoms with Crippen molar-refractivity contribution in [3.05, 3.63) is 53.9 Å². The van der Waals surface area contributed by atoms with Crippen molar-refractivity contribution < 1.29 is 19.1 Å². The van der Waals surface area contributed by atoms with Crippen LogP contribution in [0.3, 0.4) is 0 Å². The molecule has 1 aliphatic rings. The summed E-state index contributed by atoms with van der Waals surface area (Å²) in [7, 11) is 1.30. The Hall–Kier alpha value is -2.93. The molecule has 0 aliphatic carbocycles. The summed E-state index contributed by atoms with van der Waals surface area (Å²) in [5.41, 5.74) is 1.71. The molecule has 7 heteroatoms. The molecule has 1 aromatic carbocycles. The number of carbonyl (C=O) groups is 2. The van der Waals surface area contributed by atoms with Crippen molar-refractivity contribution in [2.75, 3.05) is 30.9 Å². The van der Waals surface area contributed by atoms with E-state index in [-0.39, 0.29) is 17.4 Å². The summed E-state index contributed by atoms with van der Waals surface area (Å²) in [6.45, 7) is 1.49. The molecule has 1 fully saturated rings. The predicted octanol–water partition coefficient (Wildman–Crippen LogP) is 2.71. The number of benzene rings is 1. The number of hydrogen-bond donors (Lipinski definition) is 2. The van der Waals surface area contributed by atoms with Gasteiger partial charge in [-0.2, -0.15) is 0 Å². The molecule has 136 valence electrons. The summed E-state index contributed by atoms with van der Waals surface area (Å²) in [5.74, 6) is -0.914. The van der Waals surface area contributed by atoms with Crippen molar-refractivity contribution in [2.45, 2.75) is 18.9 Å². The summed E-state index contributed by atoms with van der Waals surface area (Å²) in [6, 6.07) is 10.1. The summed E-state index contributed by atoms with van der Waals surface area (Å²) >= 11 is 0. The zero-order chi connectivity index (χ0) is 18.4. The third-order valence-electron chi connectivity index (χ3n) is 4.13. The first-order valence-corrected chi connectivity index (χ1v) is 8.47. The number of anilines is 2. The topological polar surface area (TPSA) is 89.5 Å². The van der Waals surface area contributed by atoms with E-state index in [1.807, 2.05) is 0 Å². The SMILES string of the molecule is COC(=O)c1ccccc1NC(=O)c1cc(NCC2CCCO2)ccn1. The van der Waals surface area contributed by atoms with Gasteiger partial charge in [0, 0.05) is 25.0 Å². The van der Waals surface area contributed by atoms with Gasteiger partial charge in [0.1, 0.15) is 5.69 Å². The number of carbonyl (C=O) groups excluding carboxylic acids is 2. The van der Waals surface area contributed by atoms with E-state index in [0.29, 0.717) is 12.2 Å². The van der Waals surface area contributed by atoms with Crippen LogP contribution in [-0.2, 0) is 9.47 Å². The number of ether oxygens (including phenoxy) is 2. The zero-order valence-corrected chi connectivity index (χ0v) is 14.5. The number of para-hydroxylation sites is 1. The molecule has 0 spiro atoms. The first-order chi connectivity index (χ1) is 12.7. The Labute approximate surface area is 151 Å². The average Bonchev–Trinajstić information content (AvgIpc) is 3.20. The highest BCUT2D eigenvalue weighted by Gasteiger charge is 2.17. The molecule has 1 saturated heterocycles. The molecule has 1 atom stereocenters. The summed E-state index contributed by atoms with van der Waals surface area (Å²) in [5, 5.41) is 5.98. The average molecular weight is 355 g/mol. The number of hydrogen-bond acceptors (Lipinski definition) is 6. The van der Waals surface area contributed by atoms with E-state index >= 15 is 0 Å². The van der Waals surface area contributed by atoms with Crippen LogP contribution in [0.2, 0.25) is 0 Å². The van der Waals surface area contributed by atoms with Crippen LogP contribution in [0.4, 0.5) is 11.4 Å². The van der Waals surface area contributed by atoms with E-state index in [2.05, 4.69) is 15.6 Å². The standard InChI is InChI=1S/C19H21N3O4/c1-25-19(24)15-6-2-3-7-16(15)22-18(23)17-11-13(8-9-20-17)21-12-14-5-4-10-26-14/h2-3,6-9,11,14H,4-5,10,12H2,1H3,(H,20,21)(H,22,23). The number of nitrogens with one attached hydrogen (secondary N) is 2. The molecule has 0 bridgehead atoms. The van der Waals surface area contributed by atoms with Gasteiger partial charge in [-0.3, -0.25) is 9.78 Å². The second kappa shape index (κ2) is 8.44. The maximum atomic E-state index is 12.5. The van der Waals surface area contributed by atoms with Gasteiger partial charge in [0.05, 0.1) is 24.5 Å². The van der Waals surface area contributed by atoms with Gasteiger partial charge in [-0.25, -0.2) is 4.79 Å². The fourth-order valence-corrected chi connectivity index (χ4v) is 2.77. The number of rotatable bonds is 6. The van der Waals surface area contributed by atoms with Crippen LogP contribution in [0.1, 0.15) is 33.7 Å². The van der Waals surface area contributed by atoms with Crippen molar-refractivity contribution in [2.24, 2.45) is 0 Å². The monoisotopic (exact) mass is 355 g/mol. The van der Waals surface area contributed by atoms with E-state index in [4.69, 9.17) is 9.47 Å². The molecule has 1 aromatic heterocycles. The Bertz CT molecular complexity index is 788. The van der Waals surface area contributed by atoms with Gasteiger partial charge in [-0.1, -0.05) is 12.1 Å². The van der Waals surface area contributed by atoms with Crippen LogP contribution in [-0.4, -0.2) is 43.2 Å². The Kier molecular flexibility index (Phi) is 5.80. The second-order valence-electron chi connectivity index (χ2n) is 5.94. The minimum atomic E-state index is -0.513. The van der Waals surface area contributed by atoms with Crippen LogP contribution >= 0.6 is 0 Å². The summed E-state index contributed by atoms with van der Waals surface area (Å²) in [4.78, 5) is 28.4. The number of methoxy groups -OCH3 is 1. The molecule has 2 aromatic rings. The molecule has 0 saturated carbocycles. The molecule has 2 N–H and O–H groups in total. The van der Waals surface area contributed by atoms with Crippen LogP contribution in [0.15, 0.2) is 42.6 Å². The van der Waals surface area contributed by atoms with E-state index < -0.39 is 11.9 Å². The van der Waals surface area contributed by atoms with Crippen molar-refractivity contribution in [1.82, 2.24) is 4.98 Å². The minimum absolute atomic E-state index is 0.201. The van der Waals surface area contributed by atoms with Gasteiger partial charge in [0.2, 0.25) is 0 Å². The van der Waals surface area contributed by atoms with Crippen molar-refractivity contribution in [1.29, 1.82) is 0 Å². The van der Waals surface area contributed by atoms with E-state index in [9.17, 15) is 9.59 Å². The lowest BCUT2D eigenvalue weighted by Gasteiger charge is -2.13. The van der Waals surface area contributed by atoms with Gasteiger partial charge in [0.25, 0.3) is 5.91 Å². The van der Waals surface area contributed by atoms with E-state index in [0.717, 1.165) is 25.1 Å². The van der Waals surface area contributed by atoms with Gasteiger partial charge in [0.15, 0.2) is 0 Å². The third kappa shape index (κ3) is 4.37. The van der Waals surface area contributed by atoms with Crippen molar-refractivity contribution >= 4 is 23.3 Å². The second-order valence-corrected chi connectivity index (χ2v) is 5.94. The lowest BCUT2D eigenvalue weighted by atomic mass is 10.1. The Morgan fingerprint density at radius 2 is 2.15 bits per heavy atom. The Morgan fingerprint density at radius 3 is 2.92 bits per heavy atom. The lowest BCUT2D eigenvalue weighted by molar-refractivity contribution is 0.0602. The fourth-order valence-electron chi connectivity index (χ4n) is 2.77. The van der Waals surface area contributed by atoms with Crippen LogP contribution in [0, 0.1) is 0 Å². The van der Waals surface area contributed by atoms with Crippen molar-refractivity contribution in [3.8, 4) is 0 Å². The maximum Gasteiger partial charge on any atom is 0.339 e. The molecule has 26 heavy (non-hydrogen) atoms. The van der Waals surface area contributed by atoms with Gasteiger partial charge < -0.3 is 20.1 Å². The van der Waals surface area contributed by atoms with Crippen LogP contribution in [0.5, 0.6) is 0 Å². The third-order valence-corrected chi connectivity index (χ3v) is 4.13. The van der Waals surface area contributed by atoms with Gasteiger partial charge in [-0.15, -0.1) is 0 Å².